The molecule has 0 saturated heterocycles. The number of rotatable bonds is 4. The number of aromatic nitrogens is 1. The molecule has 20 heavy (non-hydrogen) atoms. The Morgan fingerprint density at radius 3 is 2.75 bits per heavy atom. The van der Waals surface area contributed by atoms with E-state index in [0.717, 1.165) is 19.3 Å². The summed E-state index contributed by atoms with van der Waals surface area (Å²) < 4.78 is 27.8. The Kier molecular flexibility index (Phi) is 4.99. The Morgan fingerprint density at radius 2 is 2.00 bits per heavy atom. The molecule has 5 nitrogen and oxygen atoms in total. The normalized spacial score (nSPS) is 24.1. The predicted octanol–water partition coefficient (Wildman–Crippen LogP) is 2.37. The van der Waals surface area contributed by atoms with E-state index in [0.29, 0.717) is 11.7 Å². The van der Waals surface area contributed by atoms with Gasteiger partial charge in [-0.1, -0.05) is 26.2 Å². The van der Waals surface area contributed by atoms with E-state index in [1.54, 1.807) is 13.1 Å². The van der Waals surface area contributed by atoms with Gasteiger partial charge in [0.15, 0.2) is 0 Å². The van der Waals surface area contributed by atoms with Gasteiger partial charge in [0.1, 0.15) is 5.82 Å². The van der Waals surface area contributed by atoms with Gasteiger partial charge in [-0.2, -0.15) is 0 Å². The van der Waals surface area contributed by atoms with Gasteiger partial charge in [-0.15, -0.1) is 0 Å². The molecule has 0 spiro atoms. The third-order valence-corrected chi connectivity index (χ3v) is 5.45. The number of nitrogens with one attached hydrogen (secondary N) is 2. The van der Waals surface area contributed by atoms with E-state index in [2.05, 4.69) is 21.9 Å². The van der Waals surface area contributed by atoms with Gasteiger partial charge in [-0.3, -0.25) is 0 Å². The molecule has 2 unspecified atom stereocenters. The smallest absolute Gasteiger partial charge is 0.241 e. The summed E-state index contributed by atoms with van der Waals surface area (Å²) in [5, 5.41) is 2.86. The summed E-state index contributed by atoms with van der Waals surface area (Å²) in [6, 6.07) is 3.13. The van der Waals surface area contributed by atoms with Gasteiger partial charge in [-0.25, -0.2) is 18.1 Å². The van der Waals surface area contributed by atoms with Gasteiger partial charge in [0.25, 0.3) is 0 Å². The molecule has 2 N–H and O–H groups in total. The minimum Gasteiger partial charge on any atom is -0.373 e. The van der Waals surface area contributed by atoms with Crippen LogP contribution in [0.4, 0.5) is 5.82 Å². The Hall–Kier alpha value is -1.14. The van der Waals surface area contributed by atoms with Crippen LogP contribution in [0.1, 0.15) is 39.0 Å². The first-order valence-corrected chi connectivity index (χ1v) is 8.67. The fraction of sp³-hybridized carbons (Fsp3) is 0.643. The third-order valence-electron chi connectivity index (χ3n) is 3.97. The maximum atomic E-state index is 12.5. The van der Waals surface area contributed by atoms with Crippen molar-refractivity contribution in [3.05, 3.63) is 18.3 Å². The molecule has 1 aliphatic carbocycles. The van der Waals surface area contributed by atoms with Gasteiger partial charge >= 0.3 is 0 Å². The number of hydrogen-bond donors (Lipinski definition) is 2. The van der Waals surface area contributed by atoms with Crippen molar-refractivity contribution in [2.75, 3.05) is 12.4 Å². The molecule has 1 aliphatic rings. The predicted molar refractivity (Wildman–Crippen MR) is 80.1 cm³/mol. The highest BCUT2D eigenvalue weighted by Crippen LogP contribution is 2.24. The van der Waals surface area contributed by atoms with Gasteiger partial charge in [0.05, 0.1) is 4.90 Å². The maximum absolute atomic E-state index is 12.5. The molecule has 0 aromatic carbocycles. The quantitative estimate of drug-likeness (QED) is 0.837. The molecular weight excluding hydrogens is 274 g/mol. The molecule has 0 bridgehead atoms. The minimum atomic E-state index is -3.47. The second-order valence-corrected chi connectivity index (χ2v) is 7.18. The average Bonchev–Trinajstić information content (AvgIpc) is 2.64. The zero-order chi connectivity index (χ0) is 14.6. The van der Waals surface area contributed by atoms with Crippen molar-refractivity contribution in [1.29, 1.82) is 0 Å². The molecule has 0 amide bonds. The zero-order valence-corrected chi connectivity index (χ0v) is 12.9. The van der Waals surface area contributed by atoms with Crippen LogP contribution in [-0.2, 0) is 10.0 Å². The van der Waals surface area contributed by atoms with Crippen molar-refractivity contribution >= 4 is 15.8 Å². The Bertz CT molecular complexity index is 545. The molecule has 1 aromatic rings. The fourth-order valence-corrected chi connectivity index (χ4v) is 4.04. The van der Waals surface area contributed by atoms with Crippen molar-refractivity contribution in [3.8, 4) is 0 Å². The van der Waals surface area contributed by atoms with E-state index in [-0.39, 0.29) is 10.9 Å². The number of anilines is 1. The minimum absolute atomic E-state index is 0.0358. The van der Waals surface area contributed by atoms with Gasteiger partial charge in [0, 0.05) is 25.4 Å². The average molecular weight is 297 g/mol. The van der Waals surface area contributed by atoms with Crippen molar-refractivity contribution in [3.63, 3.8) is 0 Å². The first kappa shape index (κ1) is 15.3. The van der Waals surface area contributed by atoms with Gasteiger partial charge < -0.3 is 5.32 Å². The number of pyridine rings is 1. The summed E-state index contributed by atoms with van der Waals surface area (Å²) in [4.78, 5) is 4.32. The van der Waals surface area contributed by atoms with Crippen molar-refractivity contribution in [2.45, 2.75) is 50.0 Å². The third kappa shape index (κ3) is 3.70. The summed E-state index contributed by atoms with van der Waals surface area (Å²) in [7, 11) is -1.75. The van der Waals surface area contributed by atoms with E-state index in [9.17, 15) is 8.42 Å². The topological polar surface area (TPSA) is 71.1 Å². The molecular formula is C14H23N3O2S. The SMILES string of the molecule is CNc1cc(S(=O)(=O)NC2CCCCCC2C)ccn1. The largest absolute Gasteiger partial charge is 0.373 e. The van der Waals surface area contributed by atoms with E-state index in [1.165, 1.54) is 25.1 Å². The Morgan fingerprint density at radius 1 is 1.25 bits per heavy atom. The van der Waals surface area contributed by atoms with Crippen LogP contribution in [0.3, 0.4) is 0 Å². The Balaban J connectivity index is 2.17. The molecule has 112 valence electrons. The lowest BCUT2D eigenvalue weighted by atomic mass is 9.98. The number of nitrogens with zero attached hydrogens (tertiary/aromatic N) is 1. The van der Waals surface area contributed by atoms with Crippen LogP contribution >= 0.6 is 0 Å². The van der Waals surface area contributed by atoms with E-state index >= 15 is 0 Å². The first-order valence-electron chi connectivity index (χ1n) is 7.19. The molecule has 6 heteroatoms. The monoisotopic (exact) mass is 297 g/mol. The van der Waals surface area contributed by atoms with E-state index in [1.807, 2.05) is 0 Å². The van der Waals surface area contributed by atoms with Crippen LogP contribution in [0, 0.1) is 5.92 Å². The van der Waals surface area contributed by atoms with E-state index < -0.39 is 10.0 Å². The van der Waals surface area contributed by atoms with Crippen molar-refractivity contribution in [2.24, 2.45) is 5.92 Å². The maximum Gasteiger partial charge on any atom is 0.241 e. The molecule has 0 radical (unpaired) electrons. The van der Waals surface area contributed by atoms with Gasteiger partial charge in [-0.05, 0) is 24.8 Å². The van der Waals surface area contributed by atoms with Crippen LogP contribution in [0.15, 0.2) is 23.2 Å². The second kappa shape index (κ2) is 6.54. The van der Waals surface area contributed by atoms with Crippen LogP contribution < -0.4 is 10.0 Å². The van der Waals surface area contributed by atoms with Crippen LogP contribution in [0.2, 0.25) is 0 Å². The van der Waals surface area contributed by atoms with Crippen LogP contribution in [-0.4, -0.2) is 26.5 Å². The second-order valence-electron chi connectivity index (χ2n) is 5.47. The lowest BCUT2D eigenvalue weighted by molar-refractivity contribution is 0.399. The lowest BCUT2D eigenvalue weighted by Crippen LogP contribution is -2.38. The standard InChI is InChI=1S/C14H23N3O2S/c1-11-6-4-3-5-7-13(11)17-20(18,19)12-8-9-16-14(10-12)15-2/h8-11,13,17H,3-7H2,1-2H3,(H,15,16). The molecule has 1 heterocycles. The molecule has 1 fully saturated rings. The van der Waals surface area contributed by atoms with Crippen LogP contribution in [0.25, 0.3) is 0 Å². The Labute approximate surface area is 121 Å². The number of sulfonamides is 1. The summed E-state index contributed by atoms with van der Waals surface area (Å²) in [5.41, 5.74) is 0. The molecule has 2 atom stereocenters. The molecule has 0 aliphatic heterocycles. The van der Waals surface area contributed by atoms with Gasteiger partial charge in [0.2, 0.25) is 10.0 Å². The molecule has 1 aromatic heterocycles. The van der Waals surface area contributed by atoms with E-state index in [4.69, 9.17) is 0 Å². The summed E-state index contributed by atoms with van der Waals surface area (Å²) in [5.74, 6) is 0.944. The summed E-state index contributed by atoms with van der Waals surface area (Å²) in [6.45, 7) is 2.13. The summed E-state index contributed by atoms with van der Waals surface area (Å²) in [6.07, 6.45) is 7.00. The molecule has 1 saturated carbocycles. The van der Waals surface area contributed by atoms with Crippen molar-refractivity contribution in [1.82, 2.24) is 9.71 Å². The first-order chi connectivity index (χ1) is 9.53. The highest BCUT2D eigenvalue weighted by molar-refractivity contribution is 7.89. The fourth-order valence-electron chi connectivity index (χ4n) is 2.65. The van der Waals surface area contributed by atoms with Crippen LogP contribution in [0.5, 0.6) is 0 Å². The lowest BCUT2D eigenvalue weighted by Gasteiger charge is -2.22. The molecule has 2 rings (SSSR count). The van der Waals surface area contributed by atoms with Crippen molar-refractivity contribution < 1.29 is 8.42 Å². The summed E-state index contributed by atoms with van der Waals surface area (Å²) >= 11 is 0. The zero-order valence-electron chi connectivity index (χ0n) is 12.1. The highest BCUT2D eigenvalue weighted by Gasteiger charge is 2.25. The number of hydrogen-bond acceptors (Lipinski definition) is 4. The highest BCUT2D eigenvalue weighted by atomic mass is 32.2.